The summed E-state index contributed by atoms with van der Waals surface area (Å²) in [6, 6.07) is 17.6. The maximum atomic E-state index is 14.0. The van der Waals surface area contributed by atoms with Gasteiger partial charge in [0.2, 0.25) is 0 Å². The molecule has 0 radical (unpaired) electrons. The van der Waals surface area contributed by atoms with Crippen molar-refractivity contribution in [1.29, 1.82) is 0 Å². The quantitative estimate of drug-likeness (QED) is 0.158. The van der Waals surface area contributed by atoms with Crippen molar-refractivity contribution in [1.82, 2.24) is 5.32 Å². The van der Waals surface area contributed by atoms with Crippen LogP contribution in [0.2, 0.25) is 0 Å². The van der Waals surface area contributed by atoms with E-state index >= 15 is 0 Å². The van der Waals surface area contributed by atoms with Crippen molar-refractivity contribution >= 4 is 23.0 Å². The summed E-state index contributed by atoms with van der Waals surface area (Å²) < 4.78 is 38.1. The Morgan fingerprint density at radius 2 is 1.52 bits per heavy atom. The van der Waals surface area contributed by atoms with Gasteiger partial charge in [-0.3, -0.25) is 19.7 Å². The number of hydrogen-bond donors (Lipinski definition) is 3. The Hall–Kier alpha value is -4.57. The first-order valence-electron chi connectivity index (χ1n) is 13.4. The standard InChI is InChI=1S/C32H33F2N3O5/c1-18(20-11-14-24(33)25(34)16-20)36-27(19-9-12-23(41-5)13-10-19)21-7-6-8-22(15-21)37-29-28(30(39)31(29)40)35-17-26(38)42-32(2,3)4/h6-16,18,27,35-37H,17H2,1-5H3/t18-,27?/m1/s1. The molecule has 0 aliphatic carbocycles. The van der Waals surface area contributed by atoms with Crippen LogP contribution in [0.1, 0.15) is 56.5 Å². The molecule has 8 nitrogen and oxygen atoms in total. The van der Waals surface area contributed by atoms with E-state index in [0.29, 0.717) is 17.0 Å². The molecular weight excluding hydrogens is 544 g/mol. The van der Waals surface area contributed by atoms with Crippen LogP contribution >= 0.6 is 0 Å². The molecule has 0 heterocycles. The van der Waals surface area contributed by atoms with Crippen LogP contribution in [-0.4, -0.2) is 25.2 Å². The molecule has 220 valence electrons. The smallest absolute Gasteiger partial charge is 0.325 e. The van der Waals surface area contributed by atoms with E-state index in [0.717, 1.165) is 23.3 Å². The fraction of sp³-hybridized carbons (Fsp3) is 0.281. The number of rotatable bonds is 11. The zero-order valence-corrected chi connectivity index (χ0v) is 24.0. The number of nitrogens with one attached hydrogen (secondary N) is 3. The van der Waals surface area contributed by atoms with Crippen molar-refractivity contribution in [2.24, 2.45) is 0 Å². The number of anilines is 3. The number of halogens is 2. The summed E-state index contributed by atoms with van der Waals surface area (Å²) in [7, 11) is 1.57. The lowest BCUT2D eigenvalue weighted by Crippen LogP contribution is -2.38. The van der Waals surface area contributed by atoms with Crippen LogP contribution in [0, 0.1) is 11.6 Å². The minimum atomic E-state index is -0.933. The van der Waals surface area contributed by atoms with E-state index in [2.05, 4.69) is 16.0 Å². The minimum Gasteiger partial charge on any atom is -0.497 e. The molecule has 1 unspecified atom stereocenters. The topological polar surface area (TPSA) is 106 Å². The van der Waals surface area contributed by atoms with E-state index in [1.54, 1.807) is 40.0 Å². The first-order chi connectivity index (χ1) is 19.9. The van der Waals surface area contributed by atoms with Gasteiger partial charge in [0.25, 0.3) is 10.9 Å². The molecule has 0 saturated carbocycles. The minimum absolute atomic E-state index is 0.00745. The normalized spacial score (nSPS) is 12.9. The molecule has 3 N–H and O–H groups in total. The van der Waals surface area contributed by atoms with Gasteiger partial charge in [0, 0.05) is 11.7 Å². The molecule has 42 heavy (non-hydrogen) atoms. The third-order valence-electron chi connectivity index (χ3n) is 6.54. The van der Waals surface area contributed by atoms with Gasteiger partial charge in [-0.1, -0.05) is 30.3 Å². The predicted molar refractivity (Wildman–Crippen MR) is 158 cm³/mol. The van der Waals surface area contributed by atoms with Crippen LogP contribution in [0.3, 0.4) is 0 Å². The summed E-state index contributed by atoms with van der Waals surface area (Å²) in [6.07, 6.45) is 0. The van der Waals surface area contributed by atoms with Gasteiger partial charge in [0.1, 0.15) is 29.3 Å². The fourth-order valence-electron chi connectivity index (χ4n) is 4.47. The average molecular weight is 578 g/mol. The Kier molecular flexibility index (Phi) is 9.06. The summed E-state index contributed by atoms with van der Waals surface area (Å²) in [5, 5.41) is 9.19. The zero-order chi connectivity index (χ0) is 30.6. The summed E-state index contributed by atoms with van der Waals surface area (Å²) in [4.78, 5) is 36.7. The Labute approximate surface area is 242 Å². The molecule has 0 spiro atoms. The lowest BCUT2D eigenvalue weighted by molar-refractivity contribution is -0.152. The molecule has 10 heteroatoms. The molecule has 4 rings (SSSR count). The lowest BCUT2D eigenvalue weighted by Gasteiger charge is -2.26. The second-order valence-corrected chi connectivity index (χ2v) is 10.9. The second kappa shape index (κ2) is 12.5. The number of ether oxygens (including phenoxy) is 2. The number of esters is 1. The Morgan fingerprint density at radius 1 is 0.857 bits per heavy atom. The summed E-state index contributed by atoms with van der Waals surface area (Å²) in [5.74, 6) is -1.74. The fourth-order valence-corrected chi connectivity index (χ4v) is 4.47. The number of carbonyl (C=O) groups excluding carboxylic acids is 1. The van der Waals surface area contributed by atoms with Gasteiger partial charge in [-0.25, -0.2) is 8.78 Å². The maximum absolute atomic E-state index is 14.0. The summed E-state index contributed by atoms with van der Waals surface area (Å²) in [5.41, 5.74) is 0.687. The number of carbonyl (C=O) groups is 1. The van der Waals surface area contributed by atoms with Gasteiger partial charge in [0.15, 0.2) is 11.6 Å². The van der Waals surface area contributed by atoms with Gasteiger partial charge in [-0.15, -0.1) is 0 Å². The maximum Gasteiger partial charge on any atom is 0.325 e. The van der Waals surface area contributed by atoms with Gasteiger partial charge in [0.05, 0.1) is 13.2 Å². The highest BCUT2D eigenvalue weighted by atomic mass is 19.2. The van der Waals surface area contributed by atoms with Crippen LogP contribution in [0.4, 0.5) is 25.8 Å². The first kappa shape index (κ1) is 30.4. The molecule has 2 atom stereocenters. The van der Waals surface area contributed by atoms with Gasteiger partial charge < -0.3 is 20.1 Å². The van der Waals surface area contributed by atoms with Crippen LogP contribution in [0.15, 0.2) is 76.3 Å². The van der Waals surface area contributed by atoms with Crippen molar-refractivity contribution in [3.05, 3.63) is 116 Å². The molecule has 0 bridgehead atoms. The molecule has 0 saturated heterocycles. The van der Waals surface area contributed by atoms with E-state index in [4.69, 9.17) is 9.47 Å². The van der Waals surface area contributed by atoms with Crippen molar-refractivity contribution in [2.75, 3.05) is 24.3 Å². The van der Waals surface area contributed by atoms with Crippen molar-refractivity contribution in [3.63, 3.8) is 0 Å². The SMILES string of the molecule is COc1ccc(C(N[C@H](C)c2ccc(F)c(F)c2)c2cccc(Nc3c(NCC(=O)OC(C)(C)C)c(=O)c3=O)c2)cc1. The summed E-state index contributed by atoms with van der Waals surface area (Å²) in [6.45, 7) is 6.76. The molecule has 0 aliphatic heterocycles. The highest BCUT2D eigenvalue weighted by molar-refractivity contribution is 5.83. The molecular formula is C32H33F2N3O5. The molecule has 0 amide bonds. The number of methoxy groups -OCH3 is 1. The molecule has 0 fully saturated rings. The predicted octanol–water partition coefficient (Wildman–Crippen LogP) is 5.51. The molecule has 0 aromatic heterocycles. The lowest BCUT2D eigenvalue weighted by atomic mass is 9.96. The van der Waals surface area contributed by atoms with E-state index in [9.17, 15) is 23.2 Å². The third kappa shape index (κ3) is 7.19. The zero-order valence-electron chi connectivity index (χ0n) is 24.0. The summed E-state index contributed by atoms with van der Waals surface area (Å²) >= 11 is 0. The molecule has 0 aliphatic rings. The van der Waals surface area contributed by atoms with Crippen molar-refractivity contribution < 1.29 is 23.0 Å². The first-order valence-corrected chi connectivity index (χ1v) is 13.4. The third-order valence-corrected chi connectivity index (χ3v) is 6.54. The van der Waals surface area contributed by atoms with E-state index in [1.165, 1.54) is 6.07 Å². The molecule has 4 aromatic carbocycles. The molecule has 4 aromatic rings. The van der Waals surface area contributed by atoms with Crippen molar-refractivity contribution in [3.8, 4) is 5.75 Å². The largest absolute Gasteiger partial charge is 0.497 e. The Bertz CT molecular complexity index is 1640. The van der Waals surface area contributed by atoms with Gasteiger partial charge in [-0.05, 0) is 80.8 Å². The average Bonchev–Trinajstić information content (AvgIpc) is 2.95. The van der Waals surface area contributed by atoms with Crippen LogP contribution in [0.5, 0.6) is 5.75 Å². The van der Waals surface area contributed by atoms with Gasteiger partial charge in [-0.2, -0.15) is 0 Å². The van der Waals surface area contributed by atoms with Gasteiger partial charge >= 0.3 is 5.97 Å². The van der Waals surface area contributed by atoms with E-state index in [-0.39, 0.29) is 24.0 Å². The number of benzene rings is 3. The monoisotopic (exact) mass is 577 g/mol. The van der Waals surface area contributed by atoms with Crippen LogP contribution < -0.4 is 31.5 Å². The second-order valence-electron chi connectivity index (χ2n) is 10.9. The Morgan fingerprint density at radius 3 is 2.17 bits per heavy atom. The van der Waals surface area contributed by atoms with E-state index < -0.39 is 40.1 Å². The van der Waals surface area contributed by atoms with Crippen LogP contribution in [0.25, 0.3) is 0 Å². The van der Waals surface area contributed by atoms with E-state index in [1.807, 2.05) is 43.3 Å². The number of hydrogen-bond acceptors (Lipinski definition) is 8. The van der Waals surface area contributed by atoms with Crippen LogP contribution in [-0.2, 0) is 9.53 Å². The Balaban J connectivity index is 1.60. The highest BCUT2D eigenvalue weighted by Crippen LogP contribution is 2.31. The highest BCUT2D eigenvalue weighted by Gasteiger charge is 2.24. The van der Waals surface area contributed by atoms with Crippen molar-refractivity contribution in [2.45, 2.75) is 45.4 Å².